The van der Waals surface area contributed by atoms with Crippen LogP contribution in [0.15, 0.2) is 47.6 Å². The first-order valence-corrected chi connectivity index (χ1v) is 8.07. The molecule has 0 aromatic heterocycles. The number of nitro groups is 2. The number of hydrogen-bond donors (Lipinski definition) is 0. The minimum absolute atomic E-state index is 0.0456. The smallest absolute Gasteiger partial charge is 0.318 e. The van der Waals surface area contributed by atoms with Crippen molar-refractivity contribution in [3.05, 3.63) is 68.3 Å². The summed E-state index contributed by atoms with van der Waals surface area (Å²) >= 11 is 0. The van der Waals surface area contributed by atoms with Gasteiger partial charge in [0.2, 0.25) is 5.78 Å². The molecule has 2 rings (SSSR count). The van der Waals surface area contributed by atoms with Gasteiger partial charge in [-0.25, -0.2) is 4.79 Å². The van der Waals surface area contributed by atoms with Crippen molar-refractivity contribution < 1.29 is 24.3 Å². The van der Waals surface area contributed by atoms with Crippen LogP contribution in [0.3, 0.4) is 0 Å². The van der Waals surface area contributed by atoms with Crippen molar-refractivity contribution >= 4 is 28.8 Å². The molecule has 0 radical (unpaired) electrons. The van der Waals surface area contributed by atoms with E-state index in [0.29, 0.717) is 5.56 Å². The van der Waals surface area contributed by atoms with Gasteiger partial charge in [0.15, 0.2) is 0 Å². The molecule has 28 heavy (non-hydrogen) atoms. The van der Waals surface area contributed by atoms with Gasteiger partial charge in [0.1, 0.15) is 5.71 Å². The Hall–Kier alpha value is -3.95. The molecular weight excluding hydrogens is 370 g/mol. The summed E-state index contributed by atoms with van der Waals surface area (Å²) in [6.45, 7) is 2.84. The van der Waals surface area contributed by atoms with Crippen molar-refractivity contribution in [2.75, 3.05) is 0 Å². The van der Waals surface area contributed by atoms with Gasteiger partial charge in [-0.15, -0.1) is 0 Å². The number of nitro benzene ring substituents is 2. The highest BCUT2D eigenvalue weighted by Crippen LogP contribution is 2.33. The van der Waals surface area contributed by atoms with Crippen molar-refractivity contribution in [3.8, 4) is 11.1 Å². The van der Waals surface area contributed by atoms with Gasteiger partial charge in [-0.05, 0) is 18.1 Å². The van der Waals surface area contributed by atoms with E-state index in [1.54, 1.807) is 6.92 Å². The third-order valence-electron chi connectivity index (χ3n) is 3.73. The topological polar surface area (TPSA) is 142 Å². The number of nitrogens with zero attached hydrogens (tertiary/aromatic N) is 3. The lowest BCUT2D eigenvalue weighted by atomic mass is 9.99. The summed E-state index contributed by atoms with van der Waals surface area (Å²) in [5.41, 5.74) is 0.0767. The van der Waals surface area contributed by atoms with E-state index in [1.807, 2.05) is 0 Å². The predicted octanol–water partition coefficient (Wildman–Crippen LogP) is 3.68. The molecule has 144 valence electrons. The zero-order valence-corrected chi connectivity index (χ0v) is 14.9. The Morgan fingerprint density at radius 2 is 1.68 bits per heavy atom. The Labute approximate surface area is 158 Å². The fourth-order valence-corrected chi connectivity index (χ4v) is 2.38. The Balaban J connectivity index is 2.38. The summed E-state index contributed by atoms with van der Waals surface area (Å²) in [6.07, 6.45) is 0.238. The van der Waals surface area contributed by atoms with Gasteiger partial charge < -0.3 is 4.84 Å². The summed E-state index contributed by atoms with van der Waals surface area (Å²) in [5, 5.41) is 25.6. The Bertz CT molecular complexity index is 981. The predicted molar refractivity (Wildman–Crippen MR) is 99.0 cm³/mol. The minimum Gasteiger partial charge on any atom is -0.318 e. The normalized spacial score (nSPS) is 11.0. The lowest BCUT2D eigenvalue weighted by molar-refractivity contribution is -0.393. The van der Waals surface area contributed by atoms with E-state index in [0.717, 1.165) is 13.0 Å². The average Bonchev–Trinajstić information content (AvgIpc) is 2.67. The van der Waals surface area contributed by atoms with Crippen LogP contribution >= 0.6 is 0 Å². The second-order valence-electron chi connectivity index (χ2n) is 5.60. The van der Waals surface area contributed by atoms with Crippen LogP contribution in [-0.4, -0.2) is 27.3 Å². The highest BCUT2D eigenvalue weighted by atomic mass is 16.7. The van der Waals surface area contributed by atoms with Crippen LogP contribution in [0.25, 0.3) is 11.1 Å². The van der Waals surface area contributed by atoms with Crippen LogP contribution in [0.5, 0.6) is 0 Å². The van der Waals surface area contributed by atoms with Crippen LogP contribution < -0.4 is 0 Å². The lowest BCUT2D eigenvalue weighted by Crippen LogP contribution is -2.14. The van der Waals surface area contributed by atoms with Crippen molar-refractivity contribution in [2.45, 2.75) is 20.3 Å². The number of benzene rings is 2. The lowest BCUT2D eigenvalue weighted by Gasteiger charge is -2.06. The van der Waals surface area contributed by atoms with E-state index >= 15 is 0 Å². The minimum atomic E-state index is -0.715. The zero-order chi connectivity index (χ0) is 20.8. The number of non-ortho nitro benzene ring substituents is 1. The molecule has 0 bridgehead atoms. The molecule has 2 aromatic rings. The molecule has 0 atom stereocenters. The number of hydrogen-bond acceptors (Lipinski definition) is 8. The second kappa shape index (κ2) is 8.62. The third kappa shape index (κ3) is 4.61. The molecule has 0 aliphatic heterocycles. The van der Waals surface area contributed by atoms with Crippen LogP contribution in [0.1, 0.15) is 30.6 Å². The number of rotatable bonds is 7. The molecule has 0 amide bonds. The summed E-state index contributed by atoms with van der Waals surface area (Å²) < 4.78 is 0. The van der Waals surface area contributed by atoms with Crippen LogP contribution in [-0.2, 0) is 9.63 Å². The van der Waals surface area contributed by atoms with Gasteiger partial charge in [0.05, 0.1) is 21.5 Å². The third-order valence-corrected chi connectivity index (χ3v) is 3.73. The SMILES string of the molecule is CC/C(=N/OC(C)=O)C(=O)c1ccc(-c2ccc([N+](=O)[O-])cc2[N+](=O)[O-])cc1. The number of ketones is 1. The van der Waals surface area contributed by atoms with E-state index in [9.17, 15) is 29.8 Å². The Morgan fingerprint density at radius 1 is 1.04 bits per heavy atom. The van der Waals surface area contributed by atoms with Gasteiger partial charge in [-0.1, -0.05) is 36.3 Å². The molecule has 0 saturated heterocycles. The number of carbonyl (C=O) groups is 2. The molecule has 2 aromatic carbocycles. The molecule has 0 aliphatic carbocycles. The van der Waals surface area contributed by atoms with E-state index in [-0.39, 0.29) is 23.3 Å². The number of oxime groups is 1. The molecule has 0 saturated carbocycles. The van der Waals surface area contributed by atoms with Gasteiger partial charge in [-0.3, -0.25) is 25.0 Å². The monoisotopic (exact) mass is 385 g/mol. The molecule has 0 aliphatic rings. The van der Waals surface area contributed by atoms with E-state index in [1.165, 1.54) is 36.4 Å². The molecule has 0 unspecified atom stereocenters. The standard InChI is InChI=1S/C18H15N3O7/c1-3-16(19-28-11(2)22)18(23)13-6-4-12(5-7-13)15-9-8-14(20(24)25)10-17(15)21(26)27/h4-10H,3H2,1-2H3/b19-16-. The van der Waals surface area contributed by atoms with Gasteiger partial charge in [0.25, 0.3) is 11.4 Å². The maximum atomic E-state index is 12.4. The molecular formula is C18H15N3O7. The van der Waals surface area contributed by atoms with Gasteiger partial charge in [0, 0.05) is 18.6 Å². The molecule has 0 fully saturated rings. The van der Waals surface area contributed by atoms with Crippen molar-refractivity contribution in [1.29, 1.82) is 0 Å². The highest BCUT2D eigenvalue weighted by Gasteiger charge is 2.21. The first-order valence-electron chi connectivity index (χ1n) is 8.07. The summed E-state index contributed by atoms with van der Waals surface area (Å²) in [6, 6.07) is 9.20. The Morgan fingerprint density at radius 3 is 2.18 bits per heavy atom. The van der Waals surface area contributed by atoms with Crippen LogP contribution in [0.2, 0.25) is 0 Å². The summed E-state index contributed by atoms with van der Waals surface area (Å²) in [4.78, 5) is 48.5. The maximum Gasteiger partial charge on any atom is 0.331 e. The molecule has 10 heteroatoms. The fourth-order valence-electron chi connectivity index (χ4n) is 2.38. The van der Waals surface area contributed by atoms with Crippen molar-refractivity contribution in [1.82, 2.24) is 0 Å². The molecule has 0 spiro atoms. The molecule has 10 nitrogen and oxygen atoms in total. The quantitative estimate of drug-likeness (QED) is 0.232. The molecule has 0 N–H and O–H groups in total. The van der Waals surface area contributed by atoms with Gasteiger partial charge in [-0.2, -0.15) is 0 Å². The van der Waals surface area contributed by atoms with Gasteiger partial charge >= 0.3 is 5.97 Å². The Kier molecular flexibility index (Phi) is 6.27. The van der Waals surface area contributed by atoms with Crippen molar-refractivity contribution in [2.24, 2.45) is 5.16 Å². The number of carbonyl (C=O) groups excluding carboxylic acids is 2. The average molecular weight is 385 g/mol. The maximum absolute atomic E-state index is 12.4. The largest absolute Gasteiger partial charge is 0.331 e. The van der Waals surface area contributed by atoms with Crippen LogP contribution in [0.4, 0.5) is 11.4 Å². The second-order valence-corrected chi connectivity index (χ2v) is 5.60. The van der Waals surface area contributed by atoms with Crippen LogP contribution in [0, 0.1) is 20.2 Å². The summed E-state index contributed by atoms with van der Waals surface area (Å²) in [7, 11) is 0. The summed E-state index contributed by atoms with van der Waals surface area (Å²) in [5.74, 6) is -1.10. The highest BCUT2D eigenvalue weighted by molar-refractivity contribution is 6.45. The number of Topliss-reactive ketones (excluding diaryl/α,β-unsaturated/α-hetero) is 1. The zero-order valence-electron chi connectivity index (χ0n) is 14.9. The first kappa shape index (κ1) is 20.4. The molecule has 0 heterocycles. The fraction of sp³-hybridized carbons (Fsp3) is 0.167. The van der Waals surface area contributed by atoms with Crippen molar-refractivity contribution in [3.63, 3.8) is 0 Å². The van der Waals surface area contributed by atoms with E-state index < -0.39 is 33.0 Å². The first-order chi connectivity index (χ1) is 13.2. The van der Waals surface area contributed by atoms with E-state index in [2.05, 4.69) is 9.99 Å². The van der Waals surface area contributed by atoms with E-state index in [4.69, 9.17) is 0 Å².